The fraction of sp³-hybridized carbons (Fsp3) is 0.789. The number of rotatable bonds is 46. The van der Waals surface area contributed by atoms with Crippen molar-refractivity contribution in [3.63, 3.8) is 0 Å². The predicted molar refractivity (Wildman–Crippen MR) is 276 cm³/mol. The minimum Gasteiger partial charge on any atom is -0.479 e. The number of carboxylic acids is 1. The molecule has 6 atom stereocenters. The molecule has 12 nitrogen and oxygen atoms in total. The molecule has 0 spiro atoms. The predicted octanol–water partition coefficient (Wildman–Crippen LogP) is 13.4. The van der Waals surface area contributed by atoms with E-state index in [2.05, 4.69) is 69.4 Å². The number of aliphatic hydroxyl groups excluding tert-OH is 2. The fourth-order valence-corrected chi connectivity index (χ4v) is 8.13. The number of aliphatic hydroxyl groups is 2. The monoisotopic (exact) mass is 975 g/mol. The van der Waals surface area contributed by atoms with Gasteiger partial charge in [-0.05, 0) is 70.6 Å². The van der Waals surface area contributed by atoms with Crippen molar-refractivity contribution in [2.24, 2.45) is 0 Å². The lowest BCUT2D eigenvalue weighted by atomic mass is 9.98. The standard InChI is InChI=1S/C57H98O12/c1-4-7-10-13-16-19-22-24-25-27-30-33-36-39-42-45-51(60)68-55-53(62)52(61)54(56(63)64)69-57(55)66-47-48(67-50(59)44-41-38-35-32-28-21-18-15-12-9-6-3)46-65-49(58)43-40-37-34-31-29-26-23-20-17-14-11-8-5-2/h7,10,15-16,18-19,24-25,48,52-55,57,61-62H,4-6,8-9,11-14,17,20-23,26-47H2,1-3H3,(H,63,64)/b10-7-,18-15-,19-16-,25-24-. The van der Waals surface area contributed by atoms with E-state index in [0.717, 1.165) is 109 Å². The zero-order valence-corrected chi connectivity index (χ0v) is 43.6. The van der Waals surface area contributed by atoms with Crippen LogP contribution in [0.3, 0.4) is 0 Å². The molecule has 0 saturated carbocycles. The van der Waals surface area contributed by atoms with E-state index in [1.165, 1.54) is 70.6 Å². The number of hydrogen-bond acceptors (Lipinski definition) is 11. The Hall–Kier alpha value is -3.32. The Morgan fingerprint density at radius 1 is 0.493 bits per heavy atom. The van der Waals surface area contributed by atoms with Crippen molar-refractivity contribution in [2.75, 3.05) is 13.2 Å². The van der Waals surface area contributed by atoms with Crippen LogP contribution < -0.4 is 0 Å². The largest absolute Gasteiger partial charge is 0.479 e. The molecular formula is C57H98O12. The van der Waals surface area contributed by atoms with Gasteiger partial charge in [-0.2, -0.15) is 0 Å². The zero-order valence-electron chi connectivity index (χ0n) is 43.6. The number of allylic oxidation sites excluding steroid dienone is 8. The summed E-state index contributed by atoms with van der Waals surface area (Å²) in [7, 11) is 0. The highest BCUT2D eigenvalue weighted by Gasteiger charge is 2.50. The maximum atomic E-state index is 13.1. The Balaban J connectivity index is 2.72. The summed E-state index contributed by atoms with van der Waals surface area (Å²) >= 11 is 0. The normalized spacial score (nSPS) is 19.0. The van der Waals surface area contributed by atoms with Crippen LogP contribution in [-0.2, 0) is 42.9 Å². The Kier molecular flexibility index (Phi) is 42.3. The first kappa shape index (κ1) is 63.7. The highest BCUT2D eigenvalue weighted by atomic mass is 16.7. The van der Waals surface area contributed by atoms with E-state index in [9.17, 15) is 34.5 Å². The van der Waals surface area contributed by atoms with E-state index >= 15 is 0 Å². The summed E-state index contributed by atoms with van der Waals surface area (Å²) < 4.78 is 28.3. The quantitative estimate of drug-likeness (QED) is 0.0228. The number of ether oxygens (including phenoxy) is 5. The molecule has 0 amide bonds. The van der Waals surface area contributed by atoms with E-state index in [1.54, 1.807) is 0 Å². The maximum Gasteiger partial charge on any atom is 0.335 e. The average molecular weight is 975 g/mol. The van der Waals surface area contributed by atoms with Crippen molar-refractivity contribution in [1.82, 2.24) is 0 Å². The Labute approximate surface area is 418 Å². The van der Waals surface area contributed by atoms with Crippen LogP contribution in [-0.4, -0.2) is 89.2 Å². The summed E-state index contributed by atoms with van der Waals surface area (Å²) in [5.41, 5.74) is 0. The molecule has 398 valence electrons. The third-order valence-electron chi connectivity index (χ3n) is 12.4. The van der Waals surface area contributed by atoms with Crippen molar-refractivity contribution in [3.8, 4) is 0 Å². The minimum atomic E-state index is -1.91. The third kappa shape index (κ3) is 36.3. The summed E-state index contributed by atoms with van der Waals surface area (Å²) in [6.07, 6.45) is 40.9. The van der Waals surface area contributed by atoms with Gasteiger partial charge in [-0.1, -0.05) is 198 Å². The highest BCUT2D eigenvalue weighted by molar-refractivity contribution is 5.74. The van der Waals surface area contributed by atoms with Gasteiger partial charge in [0.1, 0.15) is 18.8 Å². The molecule has 0 aromatic rings. The maximum absolute atomic E-state index is 13.1. The molecule has 0 aliphatic carbocycles. The molecule has 0 aromatic heterocycles. The molecule has 3 N–H and O–H groups in total. The molecule has 0 radical (unpaired) electrons. The fourth-order valence-electron chi connectivity index (χ4n) is 8.13. The molecule has 0 aromatic carbocycles. The number of unbranched alkanes of at least 4 members (excludes halogenated alkanes) is 24. The number of carbonyl (C=O) groups is 4. The molecule has 69 heavy (non-hydrogen) atoms. The molecule has 1 aliphatic heterocycles. The van der Waals surface area contributed by atoms with Crippen LogP contribution >= 0.6 is 0 Å². The second-order valence-corrected chi connectivity index (χ2v) is 18.8. The van der Waals surface area contributed by atoms with Crippen LogP contribution in [0, 0.1) is 0 Å². The highest BCUT2D eigenvalue weighted by Crippen LogP contribution is 2.26. The number of aliphatic carboxylic acids is 1. The van der Waals surface area contributed by atoms with Gasteiger partial charge in [-0.15, -0.1) is 0 Å². The molecular weight excluding hydrogens is 877 g/mol. The topological polar surface area (TPSA) is 175 Å². The van der Waals surface area contributed by atoms with Crippen molar-refractivity contribution < 1.29 is 58.2 Å². The second kappa shape index (κ2) is 45.8. The number of esters is 3. The molecule has 12 heteroatoms. The van der Waals surface area contributed by atoms with Crippen molar-refractivity contribution in [3.05, 3.63) is 48.6 Å². The zero-order chi connectivity index (χ0) is 50.4. The van der Waals surface area contributed by atoms with Crippen LogP contribution in [0.25, 0.3) is 0 Å². The van der Waals surface area contributed by atoms with Crippen molar-refractivity contribution >= 4 is 23.9 Å². The summed E-state index contributed by atoms with van der Waals surface area (Å²) in [4.78, 5) is 50.9. The van der Waals surface area contributed by atoms with Crippen LogP contribution in [0.1, 0.15) is 239 Å². The summed E-state index contributed by atoms with van der Waals surface area (Å²) in [6, 6.07) is 0. The van der Waals surface area contributed by atoms with E-state index in [-0.39, 0.29) is 25.9 Å². The molecule has 1 fully saturated rings. The Morgan fingerprint density at radius 2 is 0.928 bits per heavy atom. The summed E-state index contributed by atoms with van der Waals surface area (Å²) in [5, 5.41) is 31.4. The first-order valence-electron chi connectivity index (χ1n) is 27.6. The Bertz CT molecular complexity index is 1390. The lowest BCUT2D eigenvalue weighted by Crippen LogP contribution is -2.61. The smallest absolute Gasteiger partial charge is 0.335 e. The van der Waals surface area contributed by atoms with E-state index < -0.39 is 67.3 Å². The van der Waals surface area contributed by atoms with Gasteiger partial charge in [-0.25, -0.2) is 4.79 Å². The number of hydrogen-bond donors (Lipinski definition) is 3. The van der Waals surface area contributed by atoms with Gasteiger partial charge in [0.25, 0.3) is 0 Å². The van der Waals surface area contributed by atoms with Gasteiger partial charge < -0.3 is 39.0 Å². The van der Waals surface area contributed by atoms with Gasteiger partial charge in [-0.3, -0.25) is 14.4 Å². The molecule has 1 aliphatic rings. The van der Waals surface area contributed by atoms with E-state index in [1.807, 2.05) is 0 Å². The molecule has 0 bridgehead atoms. The first-order chi connectivity index (χ1) is 33.6. The molecule has 6 unspecified atom stereocenters. The van der Waals surface area contributed by atoms with E-state index in [0.29, 0.717) is 19.3 Å². The average Bonchev–Trinajstić information content (AvgIpc) is 3.33. The van der Waals surface area contributed by atoms with Gasteiger partial charge in [0, 0.05) is 19.3 Å². The van der Waals surface area contributed by atoms with Crippen molar-refractivity contribution in [2.45, 2.75) is 276 Å². The van der Waals surface area contributed by atoms with Crippen LogP contribution in [0.15, 0.2) is 48.6 Å². The van der Waals surface area contributed by atoms with Crippen molar-refractivity contribution in [1.29, 1.82) is 0 Å². The Morgan fingerprint density at radius 3 is 1.45 bits per heavy atom. The first-order valence-corrected chi connectivity index (χ1v) is 27.6. The third-order valence-corrected chi connectivity index (χ3v) is 12.4. The lowest BCUT2D eigenvalue weighted by molar-refractivity contribution is -0.301. The lowest BCUT2D eigenvalue weighted by Gasteiger charge is -2.40. The summed E-state index contributed by atoms with van der Waals surface area (Å²) in [5.74, 6) is -3.14. The van der Waals surface area contributed by atoms with Gasteiger partial charge in [0.2, 0.25) is 0 Å². The van der Waals surface area contributed by atoms with Gasteiger partial charge >= 0.3 is 23.9 Å². The minimum absolute atomic E-state index is 0.0413. The van der Waals surface area contributed by atoms with Crippen LogP contribution in [0.2, 0.25) is 0 Å². The van der Waals surface area contributed by atoms with Crippen LogP contribution in [0.4, 0.5) is 0 Å². The number of carboxylic acid groups (broad SMARTS) is 1. The van der Waals surface area contributed by atoms with E-state index in [4.69, 9.17) is 23.7 Å². The number of carbonyl (C=O) groups excluding carboxylic acids is 3. The van der Waals surface area contributed by atoms with Gasteiger partial charge in [0.05, 0.1) is 6.61 Å². The molecule has 1 rings (SSSR count). The molecule has 1 saturated heterocycles. The second-order valence-electron chi connectivity index (χ2n) is 18.8. The SMILES string of the molecule is CC/C=C\C/C=C\C/C=C\CCCCCCCC(=O)OC1C(OCC(COC(=O)CCCCCCCCCCCCCCC)OC(=O)CCCCCCC/C=C\CCCC)OC(C(=O)O)C(O)C1O. The van der Waals surface area contributed by atoms with Gasteiger partial charge in [0.15, 0.2) is 24.6 Å². The summed E-state index contributed by atoms with van der Waals surface area (Å²) in [6.45, 7) is 5.82. The molecule has 1 heterocycles. The van der Waals surface area contributed by atoms with Crippen LogP contribution in [0.5, 0.6) is 0 Å².